The second kappa shape index (κ2) is 6.14. The number of nitrogens with zero attached hydrogens (tertiary/aromatic N) is 2. The van der Waals surface area contributed by atoms with Crippen LogP contribution in [-0.2, 0) is 0 Å². The maximum atomic E-state index is 12.5. The van der Waals surface area contributed by atoms with Crippen LogP contribution in [0.2, 0.25) is 0 Å². The van der Waals surface area contributed by atoms with Gasteiger partial charge in [-0.1, -0.05) is 25.3 Å². The number of hydrogen-bond donors (Lipinski definition) is 1. The Morgan fingerprint density at radius 1 is 1.12 bits per heavy atom. The molecule has 1 fully saturated rings. The van der Waals surface area contributed by atoms with Gasteiger partial charge in [-0.3, -0.25) is 0 Å². The van der Waals surface area contributed by atoms with Crippen molar-refractivity contribution in [1.29, 1.82) is 0 Å². The molecule has 1 amide bonds. The average molecular weight is 337 g/mol. The number of ether oxygens (including phenoxy) is 1. The summed E-state index contributed by atoms with van der Waals surface area (Å²) < 4.78 is 5.77. The molecule has 1 N–H and O–H groups in total. The predicted octanol–water partition coefficient (Wildman–Crippen LogP) is 4.71. The molecule has 0 radical (unpaired) electrons. The van der Waals surface area contributed by atoms with E-state index in [2.05, 4.69) is 15.3 Å². The summed E-state index contributed by atoms with van der Waals surface area (Å²) >= 11 is 0. The number of fused-ring (bicyclic) bond motifs is 3. The van der Waals surface area contributed by atoms with Crippen LogP contribution in [-0.4, -0.2) is 23.7 Å². The fraction of sp³-hybridized carbons (Fsp3) is 0.450. The van der Waals surface area contributed by atoms with Crippen LogP contribution in [0.15, 0.2) is 27.7 Å². The Balaban J connectivity index is 1.62. The Kier molecular flexibility index (Phi) is 3.94. The molecule has 2 aliphatic heterocycles. The number of aryl methyl sites for hydroxylation is 1. The van der Waals surface area contributed by atoms with Gasteiger partial charge < -0.3 is 10.1 Å². The third-order valence-corrected chi connectivity index (χ3v) is 5.35. The molecule has 1 aromatic rings. The van der Waals surface area contributed by atoms with Gasteiger partial charge in [-0.25, -0.2) is 14.8 Å². The van der Waals surface area contributed by atoms with Gasteiger partial charge >= 0.3 is 6.09 Å². The quantitative estimate of drug-likeness (QED) is 0.849. The zero-order chi connectivity index (χ0) is 17.6. The highest BCUT2D eigenvalue weighted by Crippen LogP contribution is 2.46. The van der Waals surface area contributed by atoms with E-state index in [-0.39, 0.29) is 12.1 Å². The van der Waals surface area contributed by atoms with Crippen molar-refractivity contribution in [3.63, 3.8) is 0 Å². The maximum absolute atomic E-state index is 12.5. The van der Waals surface area contributed by atoms with Gasteiger partial charge in [0.2, 0.25) is 0 Å². The van der Waals surface area contributed by atoms with Crippen LogP contribution in [0.4, 0.5) is 10.5 Å². The van der Waals surface area contributed by atoms with Crippen molar-refractivity contribution >= 4 is 28.9 Å². The van der Waals surface area contributed by atoms with Crippen molar-refractivity contribution in [2.45, 2.75) is 58.9 Å². The van der Waals surface area contributed by atoms with Crippen LogP contribution < -0.4 is 10.1 Å². The lowest BCUT2D eigenvalue weighted by molar-refractivity contribution is 0.191. The lowest BCUT2D eigenvalue weighted by atomic mass is 9.96. The highest BCUT2D eigenvalue weighted by Gasteiger charge is 2.32. The van der Waals surface area contributed by atoms with Gasteiger partial charge in [0, 0.05) is 17.3 Å². The molecule has 1 saturated carbocycles. The molecule has 25 heavy (non-hydrogen) atoms. The van der Waals surface area contributed by atoms with Crippen LogP contribution in [0.5, 0.6) is 5.75 Å². The lowest BCUT2D eigenvalue weighted by Crippen LogP contribution is -2.38. The number of carbonyl (C=O) groups is 1. The van der Waals surface area contributed by atoms with Crippen LogP contribution >= 0.6 is 0 Å². The third kappa shape index (κ3) is 2.77. The minimum Gasteiger partial charge on any atom is -0.409 e. The summed E-state index contributed by atoms with van der Waals surface area (Å²) in [5.74, 6) is 1.33. The van der Waals surface area contributed by atoms with Crippen LogP contribution in [0.3, 0.4) is 0 Å². The monoisotopic (exact) mass is 337 g/mol. The minimum absolute atomic E-state index is 0.225. The predicted molar refractivity (Wildman–Crippen MR) is 100 cm³/mol. The van der Waals surface area contributed by atoms with E-state index >= 15 is 0 Å². The molecule has 0 unspecified atom stereocenters. The standard InChI is InChI=1S/C20H23N3O2/c1-11-9-10-15-17(16-12(2)13(3)21-19(16)23-15)18(11)25-20(24)22-14-7-5-4-6-8-14/h9-10,14H,4-8H2,1-3H3,(H,22,24). The number of amidine groups is 1. The molecular weight excluding hydrogens is 314 g/mol. The molecule has 3 aliphatic rings. The molecule has 4 rings (SSSR count). The van der Waals surface area contributed by atoms with Crippen molar-refractivity contribution in [2.24, 2.45) is 9.98 Å². The molecule has 0 bridgehead atoms. The highest BCUT2D eigenvalue weighted by atomic mass is 16.6. The maximum Gasteiger partial charge on any atom is 0.412 e. The second-order valence-corrected chi connectivity index (χ2v) is 7.11. The zero-order valence-electron chi connectivity index (χ0n) is 15.0. The van der Waals surface area contributed by atoms with Gasteiger partial charge in [-0.2, -0.15) is 0 Å². The largest absolute Gasteiger partial charge is 0.412 e. The first-order valence-electron chi connectivity index (χ1n) is 9.02. The molecule has 1 aliphatic carbocycles. The van der Waals surface area contributed by atoms with E-state index in [4.69, 9.17) is 4.74 Å². The molecule has 0 saturated heterocycles. The van der Waals surface area contributed by atoms with Gasteiger partial charge in [0.05, 0.1) is 11.3 Å². The number of hydrogen-bond acceptors (Lipinski definition) is 4. The van der Waals surface area contributed by atoms with E-state index in [1.807, 2.05) is 32.9 Å². The molecule has 0 atom stereocenters. The summed E-state index contributed by atoms with van der Waals surface area (Å²) in [6.07, 6.45) is 5.29. The van der Waals surface area contributed by atoms with E-state index < -0.39 is 0 Å². The van der Waals surface area contributed by atoms with E-state index in [1.54, 1.807) is 0 Å². The van der Waals surface area contributed by atoms with Gasteiger partial charge in [0.15, 0.2) is 5.84 Å². The Hall–Kier alpha value is -2.43. The smallest absolute Gasteiger partial charge is 0.409 e. The van der Waals surface area contributed by atoms with Gasteiger partial charge in [0.25, 0.3) is 0 Å². The topological polar surface area (TPSA) is 63.1 Å². The van der Waals surface area contributed by atoms with E-state index in [9.17, 15) is 4.79 Å². The fourth-order valence-corrected chi connectivity index (χ4v) is 3.82. The second-order valence-electron chi connectivity index (χ2n) is 7.11. The summed E-state index contributed by atoms with van der Waals surface area (Å²) in [5.41, 5.74) is 5.72. The first-order chi connectivity index (χ1) is 12.0. The van der Waals surface area contributed by atoms with Gasteiger partial charge in [0.1, 0.15) is 5.75 Å². The Bertz CT molecular complexity index is 843. The third-order valence-electron chi connectivity index (χ3n) is 5.35. The minimum atomic E-state index is -0.370. The first kappa shape index (κ1) is 16.1. The molecular formula is C20H23N3O2. The van der Waals surface area contributed by atoms with Crippen LogP contribution in [0.1, 0.15) is 57.1 Å². The number of amides is 1. The number of benzene rings is 1. The van der Waals surface area contributed by atoms with Crippen molar-refractivity contribution in [3.05, 3.63) is 28.8 Å². The number of aliphatic imine (C=N–C) groups is 2. The Morgan fingerprint density at radius 2 is 1.88 bits per heavy atom. The van der Waals surface area contributed by atoms with Crippen LogP contribution in [0.25, 0.3) is 5.57 Å². The van der Waals surface area contributed by atoms with Gasteiger partial charge in [-0.05, 0) is 50.8 Å². The van der Waals surface area contributed by atoms with Crippen molar-refractivity contribution in [2.75, 3.05) is 0 Å². The molecule has 0 aromatic heterocycles. The fourth-order valence-electron chi connectivity index (χ4n) is 3.82. The molecule has 5 nitrogen and oxygen atoms in total. The molecule has 0 spiro atoms. The molecule has 1 aromatic carbocycles. The van der Waals surface area contributed by atoms with E-state index in [0.717, 1.165) is 52.3 Å². The molecule has 130 valence electrons. The average Bonchev–Trinajstić information content (AvgIpc) is 3.08. The normalized spacial score (nSPS) is 19.3. The first-order valence-corrected chi connectivity index (χ1v) is 9.02. The van der Waals surface area contributed by atoms with E-state index in [0.29, 0.717) is 5.75 Å². The summed E-state index contributed by atoms with van der Waals surface area (Å²) in [6.45, 7) is 5.98. The molecule has 2 heterocycles. The SMILES string of the molecule is CC1=NC2=Nc3ccc(C)c(OC(=O)NC4CCCCC4)c3C2=C1C. The summed E-state index contributed by atoms with van der Waals surface area (Å²) in [5, 5.41) is 3.02. The zero-order valence-corrected chi connectivity index (χ0v) is 15.0. The molecule has 5 heteroatoms. The number of nitrogens with one attached hydrogen (secondary N) is 1. The number of carbonyl (C=O) groups excluding carboxylic acids is 1. The van der Waals surface area contributed by atoms with Crippen LogP contribution in [0, 0.1) is 6.92 Å². The van der Waals surface area contributed by atoms with Gasteiger partial charge in [-0.15, -0.1) is 0 Å². The lowest BCUT2D eigenvalue weighted by Gasteiger charge is -2.23. The summed E-state index contributed by atoms with van der Waals surface area (Å²) in [4.78, 5) is 21.6. The number of allylic oxidation sites excluding steroid dienone is 1. The van der Waals surface area contributed by atoms with Crippen molar-refractivity contribution in [3.8, 4) is 5.75 Å². The highest BCUT2D eigenvalue weighted by molar-refractivity contribution is 6.40. The Morgan fingerprint density at radius 3 is 2.64 bits per heavy atom. The number of rotatable bonds is 2. The summed E-state index contributed by atoms with van der Waals surface area (Å²) in [6, 6.07) is 4.13. The Labute approximate surface area is 147 Å². The summed E-state index contributed by atoms with van der Waals surface area (Å²) in [7, 11) is 0. The van der Waals surface area contributed by atoms with E-state index in [1.165, 1.54) is 19.3 Å². The van der Waals surface area contributed by atoms with Crippen molar-refractivity contribution in [1.82, 2.24) is 5.32 Å². The van der Waals surface area contributed by atoms with Crippen molar-refractivity contribution < 1.29 is 9.53 Å².